The van der Waals surface area contributed by atoms with E-state index in [0.717, 1.165) is 6.54 Å². The second kappa shape index (κ2) is 4.97. The van der Waals surface area contributed by atoms with Crippen LogP contribution in [0.3, 0.4) is 0 Å². The predicted octanol–water partition coefficient (Wildman–Crippen LogP) is 0.807. The number of carbonyl (C=O) groups is 1. The maximum Gasteiger partial charge on any atom is 0.330 e. The molecule has 0 aromatic heterocycles. The Morgan fingerprint density at radius 2 is 2.62 bits per heavy atom. The van der Waals surface area contributed by atoms with E-state index in [4.69, 9.17) is 4.74 Å². The maximum atomic E-state index is 13.1. The van der Waals surface area contributed by atoms with Crippen molar-refractivity contribution < 1.29 is 13.9 Å². The zero-order chi connectivity index (χ0) is 9.68. The van der Waals surface area contributed by atoms with Crippen LogP contribution in [0.2, 0.25) is 0 Å². The van der Waals surface area contributed by atoms with Crippen LogP contribution in [0.4, 0.5) is 4.39 Å². The summed E-state index contributed by atoms with van der Waals surface area (Å²) in [6.45, 7) is 3.08. The number of nitrogens with one attached hydrogen (secondary N) is 1. The third kappa shape index (κ3) is 3.14. The first-order valence-electron chi connectivity index (χ1n) is 4.46. The van der Waals surface area contributed by atoms with E-state index in [9.17, 15) is 9.18 Å². The Hall–Kier alpha value is -0.900. The highest BCUT2D eigenvalue weighted by atomic mass is 19.1. The van der Waals surface area contributed by atoms with Crippen molar-refractivity contribution in [2.24, 2.45) is 0 Å². The summed E-state index contributed by atoms with van der Waals surface area (Å²) in [6.07, 6.45) is 0.813. The van der Waals surface area contributed by atoms with Crippen molar-refractivity contribution >= 4 is 5.97 Å². The number of ether oxygens (including phenoxy) is 1. The van der Waals surface area contributed by atoms with Gasteiger partial charge in [0.2, 0.25) is 0 Å². The van der Waals surface area contributed by atoms with Crippen LogP contribution in [0, 0.1) is 0 Å². The molecule has 0 aliphatic carbocycles. The van der Waals surface area contributed by atoms with Crippen molar-refractivity contribution in [1.29, 1.82) is 0 Å². The largest absolute Gasteiger partial charge is 0.463 e. The molecule has 74 valence electrons. The molecule has 0 unspecified atom stereocenters. The molecular formula is C9H14FNO2. The molecule has 1 heterocycles. The van der Waals surface area contributed by atoms with E-state index in [1.807, 2.05) is 0 Å². The number of halogens is 1. The van der Waals surface area contributed by atoms with Gasteiger partial charge in [-0.1, -0.05) is 0 Å². The van der Waals surface area contributed by atoms with E-state index in [-0.39, 0.29) is 0 Å². The standard InChI is InChI=1S/C9H14FNO2/c1-2-13-9(12)5-7-3-4-11-6-8(7)10/h5,8,11H,2-4,6H2,1H3/b7-5+/t8-/m1/s1. The number of rotatable bonds is 2. The Bertz CT molecular complexity index is 216. The van der Waals surface area contributed by atoms with Gasteiger partial charge in [-0.3, -0.25) is 0 Å². The third-order valence-electron chi connectivity index (χ3n) is 1.91. The van der Waals surface area contributed by atoms with Crippen LogP contribution in [0.5, 0.6) is 0 Å². The maximum absolute atomic E-state index is 13.1. The Labute approximate surface area is 77.0 Å². The Morgan fingerprint density at radius 3 is 3.23 bits per heavy atom. The first-order valence-corrected chi connectivity index (χ1v) is 4.46. The lowest BCUT2D eigenvalue weighted by molar-refractivity contribution is -0.137. The number of hydrogen-bond acceptors (Lipinski definition) is 3. The van der Waals surface area contributed by atoms with Crippen LogP contribution in [-0.4, -0.2) is 31.8 Å². The van der Waals surface area contributed by atoms with Crippen LogP contribution in [0.15, 0.2) is 11.6 Å². The number of carbonyl (C=O) groups excluding carboxylic acids is 1. The second-order valence-electron chi connectivity index (χ2n) is 2.89. The van der Waals surface area contributed by atoms with Crippen LogP contribution in [0.25, 0.3) is 0 Å². The molecule has 0 spiro atoms. The van der Waals surface area contributed by atoms with E-state index in [1.165, 1.54) is 6.08 Å². The molecule has 0 aromatic carbocycles. The van der Waals surface area contributed by atoms with Crippen LogP contribution < -0.4 is 5.32 Å². The average Bonchev–Trinajstić information content (AvgIpc) is 2.09. The quantitative estimate of drug-likeness (QED) is 0.513. The molecule has 4 heteroatoms. The molecule has 1 N–H and O–H groups in total. The van der Waals surface area contributed by atoms with E-state index >= 15 is 0 Å². The lowest BCUT2D eigenvalue weighted by atomic mass is 10.0. The SMILES string of the molecule is CCOC(=O)/C=C1\CCNC[C@H]1F. The van der Waals surface area contributed by atoms with Crippen molar-refractivity contribution in [1.82, 2.24) is 5.32 Å². The van der Waals surface area contributed by atoms with E-state index in [1.54, 1.807) is 6.92 Å². The van der Waals surface area contributed by atoms with Crippen molar-refractivity contribution in [3.05, 3.63) is 11.6 Å². The van der Waals surface area contributed by atoms with Gasteiger partial charge in [0.25, 0.3) is 0 Å². The summed E-state index contributed by atoms with van der Waals surface area (Å²) >= 11 is 0. The van der Waals surface area contributed by atoms with Gasteiger partial charge in [-0.05, 0) is 25.5 Å². The molecule has 0 aromatic rings. The number of esters is 1. The number of piperidine rings is 1. The molecule has 3 nitrogen and oxygen atoms in total. The topological polar surface area (TPSA) is 38.3 Å². The summed E-state index contributed by atoms with van der Waals surface area (Å²) in [6, 6.07) is 0. The van der Waals surface area contributed by atoms with E-state index in [2.05, 4.69) is 5.32 Å². The molecule has 1 atom stereocenters. The monoisotopic (exact) mass is 187 g/mol. The Kier molecular flexibility index (Phi) is 3.89. The molecule has 1 aliphatic rings. The highest BCUT2D eigenvalue weighted by molar-refractivity contribution is 5.83. The normalized spacial score (nSPS) is 26.0. The van der Waals surface area contributed by atoms with Gasteiger partial charge < -0.3 is 10.1 Å². The first-order chi connectivity index (χ1) is 6.24. The van der Waals surface area contributed by atoms with Crippen molar-refractivity contribution in [3.63, 3.8) is 0 Å². The third-order valence-corrected chi connectivity index (χ3v) is 1.91. The lowest BCUT2D eigenvalue weighted by Crippen LogP contribution is -2.33. The molecular weight excluding hydrogens is 173 g/mol. The van der Waals surface area contributed by atoms with Crippen LogP contribution >= 0.6 is 0 Å². The summed E-state index contributed by atoms with van der Waals surface area (Å²) in [5.41, 5.74) is 0.539. The van der Waals surface area contributed by atoms with Crippen molar-refractivity contribution in [3.8, 4) is 0 Å². The molecule has 1 saturated heterocycles. The summed E-state index contributed by atoms with van der Waals surface area (Å²) in [4.78, 5) is 11.0. The fourth-order valence-electron chi connectivity index (χ4n) is 1.25. The summed E-state index contributed by atoms with van der Waals surface area (Å²) < 4.78 is 17.8. The van der Waals surface area contributed by atoms with Gasteiger partial charge in [-0.15, -0.1) is 0 Å². The molecule has 0 amide bonds. The second-order valence-corrected chi connectivity index (χ2v) is 2.89. The zero-order valence-corrected chi connectivity index (χ0v) is 7.68. The minimum absolute atomic E-state index is 0.297. The first kappa shape index (κ1) is 10.2. The van der Waals surface area contributed by atoms with Crippen LogP contribution in [0.1, 0.15) is 13.3 Å². The van der Waals surface area contributed by atoms with Gasteiger partial charge in [0.05, 0.1) is 6.61 Å². The van der Waals surface area contributed by atoms with Gasteiger partial charge >= 0.3 is 5.97 Å². The molecule has 13 heavy (non-hydrogen) atoms. The smallest absolute Gasteiger partial charge is 0.330 e. The van der Waals surface area contributed by atoms with Crippen molar-refractivity contribution in [2.75, 3.05) is 19.7 Å². The summed E-state index contributed by atoms with van der Waals surface area (Å²) in [5.74, 6) is -0.443. The summed E-state index contributed by atoms with van der Waals surface area (Å²) in [7, 11) is 0. The highest BCUT2D eigenvalue weighted by Crippen LogP contribution is 2.14. The van der Waals surface area contributed by atoms with Gasteiger partial charge in [-0.2, -0.15) is 0 Å². The average molecular weight is 187 g/mol. The molecule has 1 fully saturated rings. The fourth-order valence-corrected chi connectivity index (χ4v) is 1.25. The highest BCUT2D eigenvalue weighted by Gasteiger charge is 2.18. The predicted molar refractivity (Wildman–Crippen MR) is 47.1 cm³/mol. The summed E-state index contributed by atoms with van der Waals surface area (Å²) in [5, 5.41) is 2.90. The van der Waals surface area contributed by atoms with Crippen LogP contribution in [-0.2, 0) is 9.53 Å². The molecule has 0 saturated carbocycles. The molecule has 0 bridgehead atoms. The Balaban J connectivity index is 2.52. The fraction of sp³-hybridized carbons (Fsp3) is 0.667. The Morgan fingerprint density at radius 1 is 1.85 bits per heavy atom. The zero-order valence-electron chi connectivity index (χ0n) is 7.68. The molecule has 1 rings (SSSR count). The lowest BCUT2D eigenvalue weighted by Gasteiger charge is -2.19. The van der Waals surface area contributed by atoms with Crippen molar-refractivity contribution in [2.45, 2.75) is 19.5 Å². The molecule has 1 aliphatic heterocycles. The van der Waals surface area contributed by atoms with E-state index in [0.29, 0.717) is 25.1 Å². The number of alkyl halides is 1. The van der Waals surface area contributed by atoms with Gasteiger partial charge in [-0.25, -0.2) is 9.18 Å². The van der Waals surface area contributed by atoms with Gasteiger partial charge in [0.1, 0.15) is 6.17 Å². The van der Waals surface area contributed by atoms with Gasteiger partial charge in [0.15, 0.2) is 0 Å². The van der Waals surface area contributed by atoms with Gasteiger partial charge in [0, 0.05) is 12.6 Å². The number of hydrogen-bond donors (Lipinski definition) is 1. The minimum atomic E-state index is -1.04. The minimum Gasteiger partial charge on any atom is -0.463 e. The van der Waals surface area contributed by atoms with E-state index < -0.39 is 12.1 Å². The molecule has 0 radical (unpaired) electrons.